The summed E-state index contributed by atoms with van der Waals surface area (Å²) in [5.41, 5.74) is 2.59. The molecule has 1 atom stereocenters. The van der Waals surface area contributed by atoms with Crippen molar-refractivity contribution in [3.63, 3.8) is 0 Å². The first-order chi connectivity index (χ1) is 10.6. The summed E-state index contributed by atoms with van der Waals surface area (Å²) in [5, 5.41) is 12.2. The number of nitrogens with one attached hydrogen (secondary N) is 1. The quantitative estimate of drug-likeness (QED) is 0.771. The molecule has 0 aliphatic carbocycles. The summed E-state index contributed by atoms with van der Waals surface area (Å²) in [6.45, 7) is 2.36. The smallest absolute Gasteiger partial charge is 0.321 e. The van der Waals surface area contributed by atoms with E-state index in [-0.39, 0.29) is 12.2 Å². The van der Waals surface area contributed by atoms with Crippen molar-refractivity contribution in [2.75, 3.05) is 0 Å². The van der Waals surface area contributed by atoms with Crippen LogP contribution in [0, 0.1) is 6.92 Å². The summed E-state index contributed by atoms with van der Waals surface area (Å²) < 4.78 is 0. The number of benzene rings is 2. The van der Waals surface area contributed by atoms with E-state index in [1.807, 2.05) is 49.4 Å². The highest BCUT2D eigenvalue weighted by Gasteiger charge is 2.21. The molecular weight excluding hydrogens is 278 g/mol. The molecule has 0 aliphatic heterocycles. The molecule has 0 amide bonds. The second-order valence-corrected chi connectivity index (χ2v) is 5.25. The molecule has 22 heavy (non-hydrogen) atoms. The number of carbonyl (C=O) groups excluding carboxylic acids is 1. The van der Waals surface area contributed by atoms with Gasteiger partial charge in [0, 0.05) is 18.5 Å². The molecule has 0 saturated heterocycles. The normalized spacial score (nSPS) is 11.9. The molecule has 2 aromatic carbocycles. The minimum absolute atomic E-state index is 0.0643. The maximum absolute atomic E-state index is 12.2. The lowest BCUT2D eigenvalue weighted by atomic mass is 10.0. The maximum atomic E-state index is 12.2. The van der Waals surface area contributed by atoms with E-state index < -0.39 is 12.0 Å². The topological polar surface area (TPSA) is 66.4 Å². The van der Waals surface area contributed by atoms with Crippen LogP contribution in [0.25, 0.3) is 0 Å². The molecule has 0 saturated carbocycles. The lowest BCUT2D eigenvalue weighted by Crippen LogP contribution is -2.38. The summed E-state index contributed by atoms with van der Waals surface area (Å²) in [6.07, 6.45) is -0.0643. The fourth-order valence-corrected chi connectivity index (χ4v) is 2.13. The minimum Gasteiger partial charge on any atom is -0.480 e. The molecular formula is C18H19NO3. The number of rotatable bonds is 7. The van der Waals surface area contributed by atoms with Crippen LogP contribution >= 0.6 is 0 Å². The van der Waals surface area contributed by atoms with Gasteiger partial charge >= 0.3 is 5.97 Å². The van der Waals surface area contributed by atoms with Gasteiger partial charge in [-0.05, 0) is 12.5 Å². The van der Waals surface area contributed by atoms with Crippen LogP contribution in [0.3, 0.4) is 0 Å². The lowest BCUT2D eigenvalue weighted by Gasteiger charge is -2.14. The number of Topliss-reactive ketones (excluding diaryl/α,β-unsaturated/α-hetero) is 1. The zero-order chi connectivity index (χ0) is 15.9. The number of hydrogen-bond acceptors (Lipinski definition) is 3. The molecule has 114 valence electrons. The predicted molar refractivity (Wildman–Crippen MR) is 84.8 cm³/mol. The summed E-state index contributed by atoms with van der Waals surface area (Å²) in [5.74, 6) is -1.19. The van der Waals surface area contributed by atoms with E-state index in [0.717, 1.165) is 11.1 Å². The van der Waals surface area contributed by atoms with Gasteiger partial charge in [0.25, 0.3) is 0 Å². The monoisotopic (exact) mass is 297 g/mol. The third-order valence-electron chi connectivity index (χ3n) is 3.46. The number of hydrogen-bond donors (Lipinski definition) is 2. The van der Waals surface area contributed by atoms with Gasteiger partial charge in [0.15, 0.2) is 5.78 Å². The molecule has 0 heterocycles. The van der Waals surface area contributed by atoms with E-state index in [0.29, 0.717) is 12.1 Å². The maximum Gasteiger partial charge on any atom is 0.321 e. The summed E-state index contributed by atoms with van der Waals surface area (Å²) >= 11 is 0. The van der Waals surface area contributed by atoms with Crippen molar-refractivity contribution in [2.45, 2.75) is 25.9 Å². The van der Waals surface area contributed by atoms with Crippen LogP contribution in [0.1, 0.15) is 27.9 Å². The van der Waals surface area contributed by atoms with Crippen molar-refractivity contribution in [1.29, 1.82) is 0 Å². The van der Waals surface area contributed by atoms with Crippen molar-refractivity contribution in [3.8, 4) is 0 Å². The number of ketones is 1. The fraction of sp³-hybridized carbons (Fsp3) is 0.222. The Balaban J connectivity index is 1.98. The molecule has 4 heteroatoms. The van der Waals surface area contributed by atoms with E-state index in [1.54, 1.807) is 12.1 Å². The number of carbonyl (C=O) groups is 2. The highest BCUT2D eigenvalue weighted by atomic mass is 16.4. The minimum atomic E-state index is -1.02. The Bertz CT molecular complexity index is 635. The van der Waals surface area contributed by atoms with E-state index in [1.165, 1.54) is 0 Å². The van der Waals surface area contributed by atoms with Gasteiger partial charge < -0.3 is 5.11 Å². The van der Waals surface area contributed by atoms with Crippen LogP contribution in [-0.2, 0) is 11.3 Å². The number of carboxylic acids is 1. The second kappa shape index (κ2) is 7.52. The van der Waals surface area contributed by atoms with Gasteiger partial charge in [-0.25, -0.2) is 0 Å². The van der Waals surface area contributed by atoms with Crippen LogP contribution in [0.4, 0.5) is 0 Å². The largest absolute Gasteiger partial charge is 0.480 e. The Labute approximate surface area is 129 Å². The van der Waals surface area contributed by atoms with Crippen LogP contribution in [0.5, 0.6) is 0 Å². The van der Waals surface area contributed by atoms with Crippen molar-refractivity contribution in [1.82, 2.24) is 5.32 Å². The van der Waals surface area contributed by atoms with Crippen molar-refractivity contribution < 1.29 is 14.7 Å². The molecule has 0 fully saturated rings. The summed E-state index contributed by atoms with van der Waals surface area (Å²) in [6, 6.07) is 15.8. The molecule has 0 aliphatic rings. The van der Waals surface area contributed by atoms with Crippen molar-refractivity contribution in [2.24, 2.45) is 0 Å². The lowest BCUT2D eigenvalue weighted by molar-refractivity contribution is -0.139. The van der Waals surface area contributed by atoms with Gasteiger partial charge in [0.2, 0.25) is 0 Å². The van der Waals surface area contributed by atoms with E-state index in [4.69, 9.17) is 0 Å². The fourth-order valence-electron chi connectivity index (χ4n) is 2.13. The third-order valence-corrected chi connectivity index (χ3v) is 3.46. The average Bonchev–Trinajstić information content (AvgIpc) is 2.52. The Morgan fingerprint density at radius 3 is 2.27 bits per heavy atom. The van der Waals surface area contributed by atoms with Gasteiger partial charge in [-0.3, -0.25) is 14.9 Å². The van der Waals surface area contributed by atoms with Crippen molar-refractivity contribution >= 4 is 11.8 Å². The zero-order valence-corrected chi connectivity index (χ0v) is 12.5. The molecule has 0 bridgehead atoms. The number of carboxylic acid groups (broad SMARTS) is 1. The van der Waals surface area contributed by atoms with Gasteiger partial charge in [-0.15, -0.1) is 0 Å². The second-order valence-electron chi connectivity index (χ2n) is 5.25. The van der Waals surface area contributed by atoms with Crippen LogP contribution < -0.4 is 5.32 Å². The number of aryl methyl sites for hydroxylation is 1. The SMILES string of the molecule is Cc1ccc(C(=O)CC(NCc2ccccc2)C(=O)O)cc1. The van der Waals surface area contributed by atoms with E-state index >= 15 is 0 Å². The third kappa shape index (κ3) is 4.53. The molecule has 2 N–H and O–H groups in total. The molecule has 0 aromatic heterocycles. The van der Waals surface area contributed by atoms with Gasteiger partial charge in [-0.1, -0.05) is 60.2 Å². The average molecular weight is 297 g/mol. The summed E-state index contributed by atoms with van der Waals surface area (Å²) in [7, 11) is 0. The molecule has 0 radical (unpaired) electrons. The standard InChI is InChI=1S/C18H19NO3/c1-13-7-9-15(10-8-13)17(20)11-16(18(21)22)19-12-14-5-3-2-4-6-14/h2-10,16,19H,11-12H2,1H3,(H,21,22). The Morgan fingerprint density at radius 1 is 1.05 bits per heavy atom. The highest BCUT2D eigenvalue weighted by molar-refractivity contribution is 5.98. The Kier molecular flexibility index (Phi) is 5.44. The Morgan fingerprint density at radius 2 is 1.68 bits per heavy atom. The zero-order valence-electron chi connectivity index (χ0n) is 12.5. The van der Waals surface area contributed by atoms with Gasteiger partial charge in [0.1, 0.15) is 6.04 Å². The van der Waals surface area contributed by atoms with Crippen LogP contribution in [-0.4, -0.2) is 22.9 Å². The molecule has 1 unspecified atom stereocenters. The predicted octanol–water partition coefficient (Wildman–Crippen LogP) is 2.81. The number of aliphatic carboxylic acids is 1. The van der Waals surface area contributed by atoms with Crippen molar-refractivity contribution in [3.05, 3.63) is 71.3 Å². The first kappa shape index (κ1) is 15.9. The highest BCUT2D eigenvalue weighted by Crippen LogP contribution is 2.09. The van der Waals surface area contributed by atoms with E-state index in [2.05, 4.69) is 5.32 Å². The molecule has 4 nitrogen and oxygen atoms in total. The van der Waals surface area contributed by atoms with Gasteiger partial charge in [0.05, 0.1) is 0 Å². The van der Waals surface area contributed by atoms with Crippen LogP contribution in [0.2, 0.25) is 0 Å². The Hall–Kier alpha value is -2.46. The first-order valence-corrected chi connectivity index (χ1v) is 7.16. The van der Waals surface area contributed by atoms with E-state index in [9.17, 15) is 14.7 Å². The van der Waals surface area contributed by atoms with Gasteiger partial charge in [-0.2, -0.15) is 0 Å². The van der Waals surface area contributed by atoms with Crippen LogP contribution in [0.15, 0.2) is 54.6 Å². The molecule has 2 rings (SSSR count). The first-order valence-electron chi connectivity index (χ1n) is 7.16. The molecule has 2 aromatic rings. The summed E-state index contributed by atoms with van der Waals surface area (Å²) in [4.78, 5) is 23.5. The molecule has 0 spiro atoms.